The van der Waals surface area contributed by atoms with Crippen LogP contribution in [0.2, 0.25) is 0 Å². The number of hydrogen-bond donors (Lipinski definition) is 1. The van der Waals surface area contributed by atoms with Gasteiger partial charge in [-0.05, 0) is 6.92 Å². The van der Waals surface area contributed by atoms with Crippen molar-refractivity contribution in [2.75, 3.05) is 7.11 Å². The fourth-order valence-electron chi connectivity index (χ4n) is 1.54. The zero-order valence-electron chi connectivity index (χ0n) is 6.90. The number of ketones is 1. The van der Waals surface area contributed by atoms with Gasteiger partial charge in [0.2, 0.25) is 5.78 Å². The number of carbonyl (C=O) groups excluding carboxylic acids is 1. The van der Waals surface area contributed by atoms with Crippen molar-refractivity contribution in [1.29, 1.82) is 0 Å². The third-order valence-electron chi connectivity index (χ3n) is 2.32. The Balaban J connectivity index is 2.37. The van der Waals surface area contributed by atoms with E-state index in [1.54, 1.807) is 6.92 Å². The van der Waals surface area contributed by atoms with Gasteiger partial charge < -0.3 is 14.6 Å². The molecule has 0 unspecified atom stereocenters. The second-order valence-corrected chi connectivity index (χ2v) is 3.05. The van der Waals surface area contributed by atoms with Gasteiger partial charge >= 0.3 is 0 Å². The number of aliphatic hydroxyl groups excluding tert-OH is 1. The molecular weight excluding hydrogens is 160 g/mol. The van der Waals surface area contributed by atoms with E-state index in [0.29, 0.717) is 5.57 Å². The van der Waals surface area contributed by atoms with Crippen LogP contribution in [0.1, 0.15) is 6.92 Å². The molecule has 4 nitrogen and oxygen atoms in total. The van der Waals surface area contributed by atoms with Crippen LogP contribution in [0, 0.1) is 0 Å². The Bertz CT molecular complexity index is 268. The fraction of sp³-hybridized carbons (Fsp3) is 0.625. The molecule has 0 bridgehead atoms. The van der Waals surface area contributed by atoms with Gasteiger partial charge in [0.25, 0.3) is 0 Å². The molecule has 1 saturated heterocycles. The van der Waals surface area contributed by atoms with Crippen LogP contribution in [-0.4, -0.2) is 36.3 Å². The van der Waals surface area contributed by atoms with E-state index in [4.69, 9.17) is 9.47 Å². The van der Waals surface area contributed by atoms with Crippen molar-refractivity contribution in [3.05, 3.63) is 11.3 Å². The van der Waals surface area contributed by atoms with Gasteiger partial charge in [0.05, 0.1) is 7.11 Å². The zero-order chi connectivity index (χ0) is 8.88. The average Bonchev–Trinajstić information content (AvgIpc) is 2.81. The quantitative estimate of drug-likeness (QED) is 0.545. The van der Waals surface area contributed by atoms with Crippen LogP contribution in [-0.2, 0) is 14.3 Å². The van der Waals surface area contributed by atoms with Gasteiger partial charge in [0, 0.05) is 5.57 Å². The summed E-state index contributed by atoms with van der Waals surface area (Å²) in [5.41, 5.74) is 0.571. The van der Waals surface area contributed by atoms with Crippen molar-refractivity contribution in [3.63, 3.8) is 0 Å². The molecule has 1 aliphatic carbocycles. The Morgan fingerprint density at radius 3 is 2.83 bits per heavy atom. The smallest absolute Gasteiger partial charge is 0.228 e. The average molecular weight is 170 g/mol. The highest BCUT2D eigenvalue weighted by Gasteiger charge is 2.55. The first-order chi connectivity index (χ1) is 5.66. The Kier molecular flexibility index (Phi) is 1.49. The maximum absolute atomic E-state index is 11.3. The fourth-order valence-corrected chi connectivity index (χ4v) is 1.54. The highest BCUT2D eigenvalue weighted by atomic mass is 16.6. The minimum absolute atomic E-state index is 0.148. The lowest BCUT2D eigenvalue weighted by Gasteiger charge is -2.16. The molecule has 3 atom stereocenters. The van der Waals surface area contributed by atoms with E-state index in [1.165, 1.54) is 7.11 Å². The van der Waals surface area contributed by atoms with Gasteiger partial charge in [0.15, 0.2) is 11.9 Å². The van der Waals surface area contributed by atoms with Gasteiger partial charge in [-0.3, -0.25) is 4.79 Å². The van der Waals surface area contributed by atoms with Gasteiger partial charge in [0.1, 0.15) is 12.2 Å². The molecule has 1 heterocycles. The normalized spacial score (nSPS) is 39.6. The number of fused-ring (bicyclic) bond motifs is 1. The first-order valence-corrected chi connectivity index (χ1v) is 3.79. The first-order valence-electron chi connectivity index (χ1n) is 3.79. The SMILES string of the molecule is COC1=C(C)[C@@H](O)[C@@H]2O[C@@H]2C1=O. The van der Waals surface area contributed by atoms with Crippen LogP contribution in [0.4, 0.5) is 0 Å². The molecule has 0 amide bonds. The summed E-state index contributed by atoms with van der Waals surface area (Å²) in [6.07, 6.45) is -1.46. The number of epoxide rings is 1. The number of hydrogen-bond acceptors (Lipinski definition) is 4. The van der Waals surface area contributed by atoms with Crippen LogP contribution in [0.5, 0.6) is 0 Å². The van der Waals surface area contributed by atoms with E-state index in [9.17, 15) is 9.90 Å². The summed E-state index contributed by atoms with van der Waals surface area (Å²) in [4.78, 5) is 11.3. The minimum Gasteiger partial charge on any atom is -0.493 e. The molecule has 0 radical (unpaired) electrons. The largest absolute Gasteiger partial charge is 0.493 e. The van der Waals surface area contributed by atoms with Crippen LogP contribution < -0.4 is 0 Å². The lowest BCUT2D eigenvalue weighted by molar-refractivity contribution is -0.120. The van der Waals surface area contributed by atoms with Crippen molar-refractivity contribution in [2.45, 2.75) is 25.2 Å². The van der Waals surface area contributed by atoms with E-state index in [1.807, 2.05) is 0 Å². The maximum Gasteiger partial charge on any atom is 0.228 e. The number of rotatable bonds is 1. The topological polar surface area (TPSA) is 59.1 Å². The van der Waals surface area contributed by atoms with E-state index >= 15 is 0 Å². The summed E-state index contributed by atoms with van der Waals surface area (Å²) >= 11 is 0. The van der Waals surface area contributed by atoms with E-state index in [0.717, 1.165) is 0 Å². The Labute approximate surface area is 69.8 Å². The Morgan fingerprint density at radius 2 is 2.25 bits per heavy atom. The summed E-state index contributed by atoms with van der Waals surface area (Å²) in [6, 6.07) is 0. The highest BCUT2D eigenvalue weighted by molar-refractivity contribution is 6.01. The van der Waals surface area contributed by atoms with Crippen LogP contribution in [0.3, 0.4) is 0 Å². The third-order valence-corrected chi connectivity index (χ3v) is 2.32. The first kappa shape index (κ1) is 7.76. The van der Waals surface area contributed by atoms with Crippen molar-refractivity contribution in [3.8, 4) is 0 Å². The number of Topliss-reactive ketones (excluding diaryl/α,β-unsaturated/α-hetero) is 1. The predicted octanol–water partition coefficient (Wildman–Crippen LogP) is -0.382. The van der Waals surface area contributed by atoms with Gasteiger partial charge in [-0.25, -0.2) is 0 Å². The minimum atomic E-state index is -0.678. The Morgan fingerprint density at radius 1 is 1.58 bits per heavy atom. The van der Waals surface area contributed by atoms with Crippen molar-refractivity contribution >= 4 is 5.78 Å². The summed E-state index contributed by atoms with van der Waals surface area (Å²) in [5, 5.41) is 9.49. The van der Waals surface area contributed by atoms with Crippen LogP contribution in [0.15, 0.2) is 11.3 Å². The molecule has 1 aliphatic heterocycles. The molecule has 4 heteroatoms. The van der Waals surface area contributed by atoms with E-state index in [2.05, 4.69) is 0 Å². The summed E-state index contributed by atoms with van der Waals surface area (Å²) in [6.45, 7) is 1.68. The molecule has 2 aliphatic rings. The van der Waals surface area contributed by atoms with Gasteiger partial charge in [-0.1, -0.05) is 0 Å². The molecule has 0 aromatic carbocycles. The van der Waals surface area contributed by atoms with Crippen molar-refractivity contribution < 1.29 is 19.4 Å². The zero-order valence-corrected chi connectivity index (χ0v) is 6.90. The summed E-state index contributed by atoms with van der Waals surface area (Å²) in [5.74, 6) is 0.103. The number of ether oxygens (including phenoxy) is 2. The standard InChI is InChI=1S/C8H10O4/c1-3-4(9)7-8(12-7)5(10)6(3)11-2/h4,7-9H,1-2H3/t4-,7+,8-/m1/s1. The lowest BCUT2D eigenvalue weighted by atomic mass is 9.95. The second-order valence-electron chi connectivity index (χ2n) is 3.05. The molecule has 0 aromatic heterocycles. The van der Waals surface area contributed by atoms with Gasteiger partial charge in [-0.2, -0.15) is 0 Å². The van der Waals surface area contributed by atoms with Crippen molar-refractivity contribution in [1.82, 2.24) is 0 Å². The molecule has 1 fully saturated rings. The van der Waals surface area contributed by atoms with Gasteiger partial charge in [-0.15, -0.1) is 0 Å². The molecule has 1 N–H and O–H groups in total. The maximum atomic E-state index is 11.3. The molecule has 12 heavy (non-hydrogen) atoms. The number of aliphatic hydroxyl groups is 1. The second kappa shape index (κ2) is 2.31. The molecule has 66 valence electrons. The van der Waals surface area contributed by atoms with E-state index in [-0.39, 0.29) is 17.6 Å². The van der Waals surface area contributed by atoms with Crippen LogP contribution >= 0.6 is 0 Å². The van der Waals surface area contributed by atoms with Crippen LogP contribution in [0.25, 0.3) is 0 Å². The molecular formula is C8H10O4. The number of methoxy groups -OCH3 is 1. The number of carbonyl (C=O) groups is 1. The van der Waals surface area contributed by atoms with Crippen molar-refractivity contribution in [2.24, 2.45) is 0 Å². The molecule has 0 aromatic rings. The molecule has 0 spiro atoms. The Hall–Kier alpha value is -0.870. The predicted molar refractivity (Wildman–Crippen MR) is 39.4 cm³/mol. The summed E-state index contributed by atoms with van der Waals surface area (Å²) < 4.78 is 9.86. The lowest BCUT2D eigenvalue weighted by Crippen LogP contribution is -2.31. The molecule has 0 saturated carbocycles. The highest BCUT2D eigenvalue weighted by Crippen LogP contribution is 2.37. The van der Waals surface area contributed by atoms with E-state index < -0.39 is 12.2 Å². The monoisotopic (exact) mass is 170 g/mol. The summed E-state index contributed by atoms with van der Waals surface area (Å²) in [7, 11) is 1.42. The molecule has 2 rings (SSSR count). The third kappa shape index (κ3) is 0.820.